The second kappa shape index (κ2) is 5.09. The lowest BCUT2D eigenvalue weighted by molar-refractivity contribution is -0.114. The van der Waals surface area contributed by atoms with E-state index in [9.17, 15) is 4.79 Å². The van der Waals surface area contributed by atoms with Crippen LogP contribution in [0.5, 0.6) is 0 Å². The van der Waals surface area contributed by atoms with Gasteiger partial charge < -0.3 is 15.6 Å². The summed E-state index contributed by atoms with van der Waals surface area (Å²) in [5.41, 5.74) is 8.77. The summed E-state index contributed by atoms with van der Waals surface area (Å²) in [6, 6.07) is 7.73. The van der Waals surface area contributed by atoms with Crippen molar-refractivity contribution in [2.45, 2.75) is 32.4 Å². The molecule has 0 saturated heterocycles. The van der Waals surface area contributed by atoms with E-state index in [-0.39, 0.29) is 11.9 Å². The van der Waals surface area contributed by atoms with E-state index in [1.165, 1.54) is 6.92 Å². The van der Waals surface area contributed by atoms with Crippen LogP contribution in [-0.2, 0) is 11.3 Å². The van der Waals surface area contributed by atoms with Crippen LogP contribution in [0.4, 0.5) is 5.69 Å². The number of fused-ring (bicyclic) bond motifs is 1. The number of carbonyl (C=O) groups is 1. The van der Waals surface area contributed by atoms with Gasteiger partial charge in [0.15, 0.2) is 0 Å². The van der Waals surface area contributed by atoms with Crippen molar-refractivity contribution in [2.24, 2.45) is 5.73 Å². The van der Waals surface area contributed by atoms with E-state index in [1.54, 1.807) is 0 Å². The van der Waals surface area contributed by atoms with Crippen molar-refractivity contribution in [3.63, 3.8) is 0 Å². The van der Waals surface area contributed by atoms with Crippen LogP contribution in [0.2, 0.25) is 0 Å². The third kappa shape index (κ3) is 2.44. The molecule has 3 rings (SSSR count). The Labute approximate surface area is 117 Å². The minimum Gasteiger partial charge on any atom is -0.333 e. The Bertz CT molecular complexity index is 647. The number of anilines is 1. The third-order valence-electron chi connectivity index (χ3n) is 3.53. The van der Waals surface area contributed by atoms with Crippen LogP contribution in [-0.4, -0.2) is 15.5 Å². The number of aromatic nitrogens is 2. The first-order valence-corrected chi connectivity index (χ1v) is 6.84. The molecule has 1 aromatic heterocycles. The molecule has 1 unspecified atom stereocenters. The Kier molecular flexibility index (Phi) is 3.28. The summed E-state index contributed by atoms with van der Waals surface area (Å²) in [6.45, 7) is 2.47. The number of aryl methyl sites for hydroxylation is 1. The van der Waals surface area contributed by atoms with Gasteiger partial charge in [-0.2, -0.15) is 0 Å². The van der Waals surface area contributed by atoms with E-state index < -0.39 is 0 Å². The topological polar surface area (TPSA) is 72.9 Å². The number of imidazole rings is 1. The molecule has 1 aromatic carbocycles. The number of rotatable bonds is 2. The Morgan fingerprint density at radius 2 is 2.35 bits per heavy atom. The van der Waals surface area contributed by atoms with Crippen molar-refractivity contribution < 1.29 is 4.79 Å². The standard InChI is InChI=1S/C15H18N4O/c1-10(20)17-12-5-2-4-11(8-12)14-9-19-7-3-6-13(16)15(19)18-14/h2,4-5,8-9,13H,3,6-7,16H2,1H3,(H,17,20). The molecule has 5 nitrogen and oxygen atoms in total. The van der Waals surface area contributed by atoms with Gasteiger partial charge in [-0.05, 0) is 25.0 Å². The highest BCUT2D eigenvalue weighted by atomic mass is 16.1. The molecule has 20 heavy (non-hydrogen) atoms. The van der Waals surface area contributed by atoms with Crippen molar-refractivity contribution in [3.05, 3.63) is 36.3 Å². The number of benzene rings is 1. The smallest absolute Gasteiger partial charge is 0.221 e. The Morgan fingerprint density at radius 3 is 3.10 bits per heavy atom. The van der Waals surface area contributed by atoms with Crippen molar-refractivity contribution in [2.75, 3.05) is 5.32 Å². The Hall–Kier alpha value is -2.14. The predicted octanol–water partition coefficient (Wildman–Crippen LogP) is 2.30. The average molecular weight is 270 g/mol. The second-order valence-corrected chi connectivity index (χ2v) is 5.19. The molecule has 2 heterocycles. The number of hydrogen-bond donors (Lipinski definition) is 2. The van der Waals surface area contributed by atoms with Crippen LogP contribution in [0.25, 0.3) is 11.3 Å². The van der Waals surface area contributed by atoms with Gasteiger partial charge in [-0.25, -0.2) is 4.98 Å². The van der Waals surface area contributed by atoms with Gasteiger partial charge in [0.2, 0.25) is 5.91 Å². The van der Waals surface area contributed by atoms with Crippen molar-refractivity contribution >= 4 is 11.6 Å². The van der Waals surface area contributed by atoms with Crippen LogP contribution < -0.4 is 11.1 Å². The van der Waals surface area contributed by atoms with E-state index in [1.807, 2.05) is 30.5 Å². The molecular weight excluding hydrogens is 252 g/mol. The molecule has 1 atom stereocenters. The maximum Gasteiger partial charge on any atom is 0.221 e. The largest absolute Gasteiger partial charge is 0.333 e. The lowest BCUT2D eigenvalue weighted by Gasteiger charge is -2.19. The SMILES string of the molecule is CC(=O)Nc1cccc(-c2cn3c(n2)C(N)CCC3)c1. The number of nitrogens with one attached hydrogen (secondary N) is 1. The second-order valence-electron chi connectivity index (χ2n) is 5.19. The van der Waals surface area contributed by atoms with Crippen molar-refractivity contribution in [1.82, 2.24) is 9.55 Å². The fourth-order valence-corrected chi connectivity index (χ4v) is 2.61. The normalized spacial score (nSPS) is 17.6. The molecule has 2 aromatic rings. The summed E-state index contributed by atoms with van der Waals surface area (Å²) in [5.74, 6) is 0.879. The molecular formula is C15H18N4O. The van der Waals surface area contributed by atoms with Gasteiger partial charge in [-0.3, -0.25) is 4.79 Å². The zero-order valence-electron chi connectivity index (χ0n) is 11.5. The minimum absolute atomic E-state index is 0.0241. The fourth-order valence-electron chi connectivity index (χ4n) is 2.61. The van der Waals surface area contributed by atoms with Gasteiger partial charge in [-0.15, -0.1) is 0 Å². The van der Waals surface area contributed by atoms with E-state index in [0.29, 0.717) is 0 Å². The predicted molar refractivity (Wildman–Crippen MR) is 78.1 cm³/mol. The highest BCUT2D eigenvalue weighted by molar-refractivity contribution is 5.89. The molecule has 0 saturated carbocycles. The molecule has 1 amide bonds. The van der Waals surface area contributed by atoms with E-state index in [0.717, 1.165) is 42.2 Å². The Balaban J connectivity index is 1.95. The van der Waals surface area contributed by atoms with Gasteiger partial charge in [0.05, 0.1) is 11.7 Å². The molecule has 0 spiro atoms. The van der Waals surface area contributed by atoms with Gasteiger partial charge in [-0.1, -0.05) is 12.1 Å². The molecule has 5 heteroatoms. The minimum atomic E-state index is -0.0756. The summed E-state index contributed by atoms with van der Waals surface area (Å²) in [4.78, 5) is 15.8. The molecule has 1 aliphatic heterocycles. The van der Waals surface area contributed by atoms with Crippen molar-refractivity contribution in [1.29, 1.82) is 0 Å². The summed E-state index contributed by atoms with van der Waals surface area (Å²) < 4.78 is 2.13. The van der Waals surface area contributed by atoms with Crippen LogP contribution in [0.3, 0.4) is 0 Å². The molecule has 0 bridgehead atoms. The zero-order chi connectivity index (χ0) is 14.1. The van der Waals surface area contributed by atoms with E-state index >= 15 is 0 Å². The number of nitrogens with two attached hydrogens (primary N) is 1. The summed E-state index contributed by atoms with van der Waals surface area (Å²) in [7, 11) is 0. The quantitative estimate of drug-likeness (QED) is 0.879. The van der Waals surface area contributed by atoms with Crippen LogP contribution >= 0.6 is 0 Å². The van der Waals surface area contributed by atoms with E-state index in [2.05, 4.69) is 14.9 Å². The maximum atomic E-state index is 11.1. The highest BCUT2D eigenvalue weighted by Gasteiger charge is 2.20. The first-order chi connectivity index (χ1) is 9.63. The zero-order valence-corrected chi connectivity index (χ0v) is 11.5. The maximum absolute atomic E-state index is 11.1. The number of amides is 1. The van der Waals surface area contributed by atoms with Gasteiger partial charge in [0.1, 0.15) is 5.82 Å². The number of carbonyl (C=O) groups excluding carboxylic acids is 1. The number of nitrogens with zero attached hydrogens (tertiary/aromatic N) is 2. The first kappa shape index (κ1) is 12.9. The molecule has 0 radical (unpaired) electrons. The van der Waals surface area contributed by atoms with Gasteiger partial charge in [0, 0.05) is 30.9 Å². The van der Waals surface area contributed by atoms with Crippen LogP contribution in [0.15, 0.2) is 30.5 Å². The van der Waals surface area contributed by atoms with E-state index in [4.69, 9.17) is 5.73 Å². The van der Waals surface area contributed by atoms with Crippen LogP contribution in [0.1, 0.15) is 31.6 Å². The summed E-state index contributed by atoms with van der Waals surface area (Å²) in [6.07, 6.45) is 4.12. The molecule has 0 fully saturated rings. The summed E-state index contributed by atoms with van der Waals surface area (Å²) in [5, 5.41) is 2.79. The lowest BCUT2D eigenvalue weighted by atomic mass is 10.1. The molecule has 104 valence electrons. The third-order valence-corrected chi connectivity index (χ3v) is 3.53. The fraction of sp³-hybridized carbons (Fsp3) is 0.333. The number of hydrogen-bond acceptors (Lipinski definition) is 3. The Morgan fingerprint density at radius 1 is 1.50 bits per heavy atom. The van der Waals surface area contributed by atoms with Gasteiger partial charge >= 0.3 is 0 Å². The average Bonchev–Trinajstić information content (AvgIpc) is 2.84. The first-order valence-electron chi connectivity index (χ1n) is 6.84. The van der Waals surface area contributed by atoms with Gasteiger partial charge in [0.25, 0.3) is 0 Å². The highest BCUT2D eigenvalue weighted by Crippen LogP contribution is 2.27. The monoisotopic (exact) mass is 270 g/mol. The molecule has 1 aliphatic rings. The summed E-state index contributed by atoms with van der Waals surface area (Å²) >= 11 is 0. The molecule has 0 aliphatic carbocycles. The molecule has 3 N–H and O–H groups in total. The van der Waals surface area contributed by atoms with Crippen molar-refractivity contribution in [3.8, 4) is 11.3 Å². The lowest BCUT2D eigenvalue weighted by Crippen LogP contribution is -2.21. The van der Waals surface area contributed by atoms with Crippen LogP contribution in [0, 0.1) is 0 Å².